The van der Waals surface area contributed by atoms with Crippen molar-refractivity contribution in [3.05, 3.63) is 59.7 Å². The number of carbonyl (C=O) groups excluding carboxylic acids is 1. The quantitative estimate of drug-likeness (QED) is 0.872. The highest BCUT2D eigenvalue weighted by Crippen LogP contribution is 2.24. The Morgan fingerprint density at radius 2 is 1.75 bits per heavy atom. The van der Waals surface area contributed by atoms with Crippen molar-refractivity contribution < 1.29 is 17.9 Å². The summed E-state index contributed by atoms with van der Waals surface area (Å²) in [5.74, 6) is -0.261. The Kier molecular flexibility index (Phi) is 5.62. The van der Waals surface area contributed by atoms with E-state index < -0.39 is 21.0 Å². The van der Waals surface area contributed by atoms with Gasteiger partial charge in [0.1, 0.15) is 11.0 Å². The largest absolute Gasteiger partial charge is 0.495 e. The van der Waals surface area contributed by atoms with Crippen molar-refractivity contribution in [2.75, 3.05) is 12.4 Å². The zero-order chi connectivity index (χ0) is 17.7. The molecule has 0 saturated carbocycles. The van der Waals surface area contributed by atoms with E-state index in [9.17, 15) is 13.2 Å². The minimum atomic E-state index is -3.63. The van der Waals surface area contributed by atoms with Gasteiger partial charge >= 0.3 is 0 Å². The maximum Gasteiger partial charge on any atom is 0.242 e. The number of aryl methyl sites for hydroxylation is 1. The van der Waals surface area contributed by atoms with E-state index in [1.807, 2.05) is 19.1 Å². The van der Waals surface area contributed by atoms with Gasteiger partial charge in [-0.2, -0.15) is 0 Å². The molecule has 0 spiro atoms. The smallest absolute Gasteiger partial charge is 0.242 e. The molecule has 1 amide bonds. The number of para-hydroxylation sites is 2. The molecule has 0 aliphatic carbocycles. The second-order valence-corrected chi connectivity index (χ2v) is 7.89. The highest BCUT2D eigenvalue weighted by molar-refractivity contribution is 7.92. The third kappa shape index (κ3) is 4.14. The molecule has 128 valence electrons. The third-order valence-corrected chi connectivity index (χ3v) is 5.90. The summed E-state index contributed by atoms with van der Waals surface area (Å²) in [5.41, 5.74) is 2.04. The van der Waals surface area contributed by atoms with Crippen LogP contribution < -0.4 is 10.1 Å². The lowest BCUT2D eigenvalue weighted by molar-refractivity contribution is -0.115. The van der Waals surface area contributed by atoms with Crippen molar-refractivity contribution >= 4 is 21.4 Å². The second kappa shape index (κ2) is 7.49. The molecule has 1 unspecified atom stereocenters. The Morgan fingerprint density at radius 1 is 1.12 bits per heavy atom. The maximum atomic E-state index is 12.5. The molecule has 1 N–H and O–H groups in total. The molecule has 0 radical (unpaired) electrons. The molecule has 0 aromatic heterocycles. The van der Waals surface area contributed by atoms with E-state index in [1.54, 1.807) is 36.4 Å². The Hall–Kier alpha value is -2.34. The van der Waals surface area contributed by atoms with Gasteiger partial charge in [0.05, 0.1) is 18.6 Å². The summed E-state index contributed by atoms with van der Waals surface area (Å²) < 4.78 is 30.3. The predicted molar refractivity (Wildman–Crippen MR) is 94.9 cm³/mol. The van der Waals surface area contributed by atoms with E-state index >= 15 is 0 Å². The minimum Gasteiger partial charge on any atom is -0.495 e. The Bertz CT molecular complexity index is 830. The number of amides is 1. The average Bonchev–Trinajstić information content (AvgIpc) is 2.56. The molecule has 0 fully saturated rings. The van der Waals surface area contributed by atoms with Gasteiger partial charge in [-0.25, -0.2) is 8.42 Å². The van der Waals surface area contributed by atoms with Crippen LogP contribution in [0.1, 0.15) is 18.1 Å². The number of ether oxygens (including phenoxy) is 1. The van der Waals surface area contributed by atoms with Crippen LogP contribution in [0.4, 0.5) is 5.69 Å². The summed E-state index contributed by atoms with van der Waals surface area (Å²) in [4.78, 5) is 12.4. The monoisotopic (exact) mass is 347 g/mol. The lowest BCUT2D eigenvalue weighted by Gasteiger charge is -2.15. The molecule has 2 rings (SSSR count). The molecule has 2 aromatic rings. The number of sulfone groups is 1. The molecule has 0 bridgehead atoms. The van der Waals surface area contributed by atoms with E-state index in [1.165, 1.54) is 14.0 Å². The topological polar surface area (TPSA) is 72.5 Å². The minimum absolute atomic E-state index is 0.166. The van der Waals surface area contributed by atoms with Gasteiger partial charge in [-0.05, 0) is 37.1 Å². The molecule has 0 heterocycles. The molecule has 1 atom stereocenters. The number of nitrogens with one attached hydrogen (secondary N) is 1. The first kappa shape index (κ1) is 18.0. The van der Waals surface area contributed by atoms with Crippen molar-refractivity contribution in [3.63, 3.8) is 0 Å². The van der Waals surface area contributed by atoms with Crippen LogP contribution in [0.3, 0.4) is 0 Å². The fourth-order valence-corrected chi connectivity index (χ4v) is 3.65. The SMILES string of the molecule is COc1ccccc1NC(=O)C(C)S(=O)(=O)Cc1ccccc1C. The molecular formula is C18H21NO4S. The van der Waals surface area contributed by atoms with Crippen molar-refractivity contribution in [1.82, 2.24) is 0 Å². The van der Waals surface area contributed by atoms with Gasteiger partial charge in [-0.3, -0.25) is 4.79 Å². The first-order chi connectivity index (χ1) is 11.3. The molecule has 0 saturated heterocycles. The second-order valence-electron chi connectivity index (χ2n) is 5.57. The lowest BCUT2D eigenvalue weighted by atomic mass is 10.1. The highest BCUT2D eigenvalue weighted by atomic mass is 32.2. The summed E-state index contributed by atoms with van der Waals surface area (Å²) >= 11 is 0. The summed E-state index contributed by atoms with van der Waals surface area (Å²) in [7, 11) is -2.14. The standard InChI is InChI=1S/C18H21NO4S/c1-13-8-4-5-9-15(13)12-24(21,22)14(2)18(20)19-16-10-6-7-11-17(16)23-3/h4-11,14H,12H2,1-3H3,(H,19,20). The Labute approximate surface area is 142 Å². The van der Waals surface area contributed by atoms with Crippen molar-refractivity contribution in [2.24, 2.45) is 0 Å². The first-order valence-corrected chi connectivity index (χ1v) is 9.26. The fourth-order valence-electron chi connectivity index (χ4n) is 2.26. The fraction of sp³-hybridized carbons (Fsp3) is 0.278. The van der Waals surface area contributed by atoms with E-state index in [0.29, 0.717) is 17.0 Å². The van der Waals surface area contributed by atoms with Crippen LogP contribution in [-0.4, -0.2) is 26.7 Å². The highest BCUT2D eigenvalue weighted by Gasteiger charge is 2.29. The number of hydrogen-bond donors (Lipinski definition) is 1. The number of hydrogen-bond acceptors (Lipinski definition) is 4. The first-order valence-electron chi connectivity index (χ1n) is 7.55. The number of benzene rings is 2. The van der Waals surface area contributed by atoms with Crippen LogP contribution >= 0.6 is 0 Å². The van der Waals surface area contributed by atoms with E-state index in [-0.39, 0.29) is 5.75 Å². The molecule has 0 aliphatic heterocycles. The summed E-state index contributed by atoms with van der Waals surface area (Å²) in [5, 5.41) is 1.46. The van der Waals surface area contributed by atoms with Gasteiger partial charge in [0.15, 0.2) is 9.84 Å². The van der Waals surface area contributed by atoms with E-state index in [0.717, 1.165) is 5.56 Å². The molecule has 6 heteroatoms. The predicted octanol–water partition coefficient (Wildman–Crippen LogP) is 2.95. The van der Waals surface area contributed by atoms with Crippen LogP contribution in [0.2, 0.25) is 0 Å². The number of anilines is 1. The Morgan fingerprint density at radius 3 is 2.42 bits per heavy atom. The van der Waals surface area contributed by atoms with Gasteiger partial charge in [-0.15, -0.1) is 0 Å². The lowest BCUT2D eigenvalue weighted by Crippen LogP contribution is -2.33. The molecular weight excluding hydrogens is 326 g/mol. The van der Waals surface area contributed by atoms with Gasteiger partial charge < -0.3 is 10.1 Å². The van der Waals surface area contributed by atoms with Gasteiger partial charge in [0, 0.05) is 0 Å². The molecule has 5 nitrogen and oxygen atoms in total. The van der Waals surface area contributed by atoms with Crippen LogP contribution in [0.25, 0.3) is 0 Å². The van der Waals surface area contributed by atoms with Crippen LogP contribution in [0, 0.1) is 6.92 Å². The Balaban J connectivity index is 2.16. The number of methoxy groups -OCH3 is 1. The van der Waals surface area contributed by atoms with Gasteiger partial charge in [0.2, 0.25) is 5.91 Å². The van der Waals surface area contributed by atoms with Crippen molar-refractivity contribution in [3.8, 4) is 5.75 Å². The molecule has 24 heavy (non-hydrogen) atoms. The van der Waals surface area contributed by atoms with Gasteiger partial charge in [-0.1, -0.05) is 36.4 Å². The maximum absolute atomic E-state index is 12.5. The van der Waals surface area contributed by atoms with Gasteiger partial charge in [0.25, 0.3) is 0 Å². The van der Waals surface area contributed by atoms with Crippen molar-refractivity contribution in [1.29, 1.82) is 0 Å². The number of rotatable bonds is 6. The van der Waals surface area contributed by atoms with E-state index in [4.69, 9.17) is 4.74 Å². The van der Waals surface area contributed by atoms with Crippen LogP contribution in [0.15, 0.2) is 48.5 Å². The van der Waals surface area contributed by atoms with E-state index in [2.05, 4.69) is 5.32 Å². The average molecular weight is 347 g/mol. The normalized spacial score (nSPS) is 12.5. The summed E-state index contributed by atoms with van der Waals surface area (Å²) in [6.45, 7) is 3.25. The summed E-state index contributed by atoms with van der Waals surface area (Å²) in [6, 6.07) is 14.1. The third-order valence-electron chi connectivity index (χ3n) is 3.89. The number of carbonyl (C=O) groups is 1. The molecule has 0 aliphatic rings. The zero-order valence-electron chi connectivity index (χ0n) is 13.9. The zero-order valence-corrected chi connectivity index (χ0v) is 14.8. The van der Waals surface area contributed by atoms with Crippen molar-refractivity contribution in [2.45, 2.75) is 24.9 Å². The molecule has 2 aromatic carbocycles. The summed E-state index contributed by atoms with van der Waals surface area (Å²) in [6.07, 6.45) is 0. The van der Waals surface area contributed by atoms with Crippen LogP contribution in [-0.2, 0) is 20.4 Å². The van der Waals surface area contributed by atoms with Crippen LogP contribution in [0.5, 0.6) is 5.75 Å².